The van der Waals surface area contributed by atoms with Crippen molar-refractivity contribution in [2.45, 2.75) is 63.3 Å². The Labute approximate surface area is 122 Å². The van der Waals surface area contributed by atoms with Crippen LogP contribution in [0.3, 0.4) is 0 Å². The van der Waals surface area contributed by atoms with E-state index in [1.165, 1.54) is 60.3 Å². The van der Waals surface area contributed by atoms with Crippen molar-refractivity contribution >= 4 is 11.8 Å². The number of aryl methyl sites for hydroxylation is 2. The second-order valence-corrected chi connectivity index (χ2v) is 6.90. The molecule has 0 heterocycles. The highest BCUT2D eigenvalue weighted by molar-refractivity contribution is 7.99. The molecule has 0 spiro atoms. The fraction of sp³-hybridized carbons (Fsp3) is 0.647. The van der Waals surface area contributed by atoms with Crippen LogP contribution in [0.25, 0.3) is 0 Å². The predicted molar refractivity (Wildman–Crippen MR) is 86.1 cm³/mol. The molecule has 19 heavy (non-hydrogen) atoms. The quantitative estimate of drug-likeness (QED) is 0.475. The zero-order chi connectivity index (χ0) is 13.5. The maximum absolute atomic E-state index is 3.74. The predicted octanol–water partition coefficient (Wildman–Crippen LogP) is 4.71. The lowest BCUT2D eigenvalue weighted by molar-refractivity contribution is 0.474. The smallest absolute Gasteiger partial charge is 0.0106 e. The van der Waals surface area contributed by atoms with Crippen LogP contribution in [-0.2, 0) is 0 Å². The lowest BCUT2D eigenvalue weighted by Gasteiger charge is -2.16. The molecule has 0 aromatic heterocycles. The van der Waals surface area contributed by atoms with E-state index in [4.69, 9.17) is 0 Å². The molecular weight excluding hydrogens is 250 g/mol. The van der Waals surface area contributed by atoms with Crippen molar-refractivity contribution in [3.63, 3.8) is 0 Å². The van der Waals surface area contributed by atoms with Gasteiger partial charge in [0.15, 0.2) is 0 Å². The number of hydrogen-bond donors (Lipinski definition) is 1. The highest BCUT2D eigenvalue weighted by Crippen LogP contribution is 2.23. The van der Waals surface area contributed by atoms with Crippen LogP contribution in [0.4, 0.5) is 0 Å². The van der Waals surface area contributed by atoms with E-state index in [0.29, 0.717) is 0 Å². The molecule has 1 nitrogen and oxygen atoms in total. The van der Waals surface area contributed by atoms with Gasteiger partial charge in [-0.3, -0.25) is 0 Å². The normalized spacial score (nSPS) is 17.4. The van der Waals surface area contributed by atoms with Gasteiger partial charge in [0, 0.05) is 23.2 Å². The van der Waals surface area contributed by atoms with Crippen LogP contribution in [0.15, 0.2) is 23.1 Å². The summed E-state index contributed by atoms with van der Waals surface area (Å²) in [6.45, 7) is 5.52. The zero-order valence-corrected chi connectivity index (χ0v) is 13.2. The van der Waals surface area contributed by atoms with Gasteiger partial charge in [-0.1, -0.05) is 43.4 Å². The van der Waals surface area contributed by atoms with Crippen LogP contribution >= 0.6 is 11.8 Å². The second kappa shape index (κ2) is 7.96. The first-order valence-electron chi connectivity index (χ1n) is 7.69. The summed E-state index contributed by atoms with van der Waals surface area (Å²) in [6.07, 6.45) is 8.48. The molecule has 1 saturated carbocycles. The van der Waals surface area contributed by atoms with Gasteiger partial charge in [-0.2, -0.15) is 0 Å². The molecule has 0 saturated heterocycles. The summed E-state index contributed by atoms with van der Waals surface area (Å²) in [7, 11) is 0. The Balaban J connectivity index is 1.68. The van der Waals surface area contributed by atoms with Crippen molar-refractivity contribution in [2.24, 2.45) is 0 Å². The summed E-state index contributed by atoms with van der Waals surface area (Å²) in [5.41, 5.74) is 2.78. The standard InChI is InChI=1S/C17H27NS/c1-14-9-10-17(15(2)13-14)19-12-11-18-16-7-5-3-4-6-8-16/h9-10,13,16,18H,3-8,11-12H2,1-2H3. The molecule has 2 heteroatoms. The van der Waals surface area contributed by atoms with E-state index in [1.807, 2.05) is 11.8 Å². The van der Waals surface area contributed by atoms with Crippen LogP contribution < -0.4 is 5.32 Å². The minimum atomic E-state index is 0.780. The molecule has 0 radical (unpaired) electrons. The lowest BCUT2D eigenvalue weighted by Crippen LogP contribution is -2.30. The van der Waals surface area contributed by atoms with Gasteiger partial charge in [-0.05, 0) is 38.3 Å². The molecule has 0 bridgehead atoms. The van der Waals surface area contributed by atoms with Crippen LogP contribution in [0.2, 0.25) is 0 Å². The van der Waals surface area contributed by atoms with Crippen LogP contribution in [-0.4, -0.2) is 18.3 Å². The van der Waals surface area contributed by atoms with Gasteiger partial charge in [-0.15, -0.1) is 11.8 Å². The average Bonchev–Trinajstić information content (AvgIpc) is 2.65. The SMILES string of the molecule is Cc1ccc(SCCNC2CCCCCC2)c(C)c1. The summed E-state index contributed by atoms with van der Waals surface area (Å²) in [6, 6.07) is 7.54. The summed E-state index contributed by atoms with van der Waals surface area (Å²) in [5, 5.41) is 3.74. The maximum atomic E-state index is 3.74. The van der Waals surface area contributed by atoms with Crippen LogP contribution in [0.1, 0.15) is 49.7 Å². The minimum Gasteiger partial charge on any atom is -0.313 e. The first-order valence-corrected chi connectivity index (χ1v) is 8.68. The number of hydrogen-bond acceptors (Lipinski definition) is 2. The molecule has 1 aliphatic carbocycles. The Hall–Kier alpha value is -0.470. The monoisotopic (exact) mass is 277 g/mol. The fourth-order valence-corrected chi connectivity index (χ4v) is 3.76. The summed E-state index contributed by atoms with van der Waals surface area (Å²) in [5.74, 6) is 1.18. The highest BCUT2D eigenvalue weighted by atomic mass is 32.2. The van der Waals surface area contributed by atoms with E-state index in [9.17, 15) is 0 Å². The third kappa shape index (κ3) is 5.19. The topological polar surface area (TPSA) is 12.0 Å². The van der Waals surface area contributed by atoms with Gasteiger partial charge in [-0.25, -0.2) is 0 Å². The number of thioether (sulfide) groups is 1. The molecule has 1 N–H and O–H groups in total. The molecule has 0 amide bonds. The Morgan fingerprint density at radius 3 is 2.53 bits per heavy atom. The highest BCUT2D eigenvalue weighted by Gasteiger charge is 2.10. The first kappa shape index (κ1) is 14.9. The summed E-state index contributed by atoms with van der Waals surface area (Å²) in [4.78, 5) is 1.44. The maximum Gasteiger partial charge on any atom is 0.0106 e. The van der Waals surface area contributed by atoms with Crippen molar-refractivity contribution in [3.8, 4) is 0 Å². The van der Waals surface area contributed by atoms with Crippen molar-refractivity contribution in [3.05, 3.63) is 29.3 Å². The third-order valence-corrected chi connectivity index (χ3v) is 5.16. The summed E-state index contributed by atoms with van der Waals surface area (Å²) >= 11 is 1.99. The van der Waals surface area contributed by atoms with Gasteiger partial charge >= 0.3 is 0 Å². The molecule has 0 atom stereocenters. The van der Waals surface area contributed by atoms with E-state index in [0.717, 1.165) is 12.6 Å². The van der Waals surface area contributed by atoms with Gasteiger partial charge in [0.1, 0.15) is 0 Å². The van der Waals surface area contributed by atoms with E-state index in [1.54, 1.807) is 0 Å². The molecule has 1 aromatic rings. The largest absolute Gasteiger partial charge is 0.313 e. The number of benzene rings is 1. The van der Waals surface area contributed by atoms with E-state index < -0.39 is 0 Å². The van der Waals surface area contributed by atoms with Crippen LogP contribution in [0, 0.1) is 13.8 Å². The van der Waals surface area contributed by atoms with Crippen molar-refractivity contribution in [2.75, 3.05) is 12.3 Å². The van der Waals surface area contributed by atoms with Gasteiger partial charge in [0.2, 0.25) is 0 Å². The average molecular weight is 277 g/mol. The van der Waals surface area contributed by atoms with Crippen LogP contribution in [0.5, 0.6) is 0 Å². The number of nitrogens with one attached hydrogen (secondary N) is 1. The van der Waals surface area contributed by atoms with Crippen molar-refractivity contribution in [1.82, 2.24) is 5.32 Å². The van der Waals surface area contributed by atoms with Crippen molar-refractivity contribution in [1.29, 1.82) is 0 Å². The lowest BCUT2D eigenvalue weighted by atomic mass is 10.1. The molecule has 2 rings (SSSR count). The minimum absolute atomic E-state index is 0.780. The molecular formula is C17H27NS. The Kier molecular flexibility index (Phi) is 6.25. The Bertz CT molecular complexity index is 381. The van der Waals surface area contributed by atoms with Gasteiger partial charge in [0.25, 0.3) is 0 Å². The molecule has 1 aliphatic rings. The molecule has 106 valence electrons. The van der Waals surface area contributed by atoms with E-state index in [-0.39, 0.29) is 0 Å². The molecule has 0 aliphatic heterocycles. The molecule has 1 fully saturated rings. The summed E-state index contributed by atoms with van der Waals surface area (Å²) < 4.78 is 0. The third-order valence-electron chi connectivity index (χ3n) is 3.98. The van der Waals surface area contributed by atoms with Gasteiger partial charge in [0.05, 0.1) is 0 Å². The van der Waals surface area contributed by atoms with Gasteiger partial charge < -0.3 is 5.32 Å². The fourth-order valence-electron chi connectivity index (χ4n) is 2.87. The second-order valence-electron chi connectivity index (χ2n) is 5.76. The van der Waals surface area contributed by atoms with E-state index >= 15 is 0 Å². The van der Waals surface area contributed by atoms with Crippen molar-refractivity contribution < 1.29 is 0 Å². The zero-order valence-electron chi connectivity index (χ0n) is 12.4. The first-order chi connectivity index (χ1) is 9.25. The Morgan fingerprint density at radius 2 is 1.84 bits per heavy atom. The Morgan fingerprint density at radius 1 is 1.11 bits per heavy atom. The number of rotatable bonds is 5. The molecule has 0 unspecified atom stereocenters. The van der Waals surface area contributed by atoms with E-state index in [2.05, 4.69) is 37.4 Å². The molecule has 1 aromatic carbocycles.